The molecule has 0 radical (unpaired) electrons. The molecule has 4 rings (SSSR count). The molecule has 1 aromatic heterocycles. The van der Waals surface area contributed by atoms with Gasteiger partial charge in [0.05, 0.1) is 16.9 Å². The Balaban J connectivity index is 1.76. The Kier molecular flexibility index (Phi) is 4.38. The van der Waals surface area contributed by atoms with Crippen molar-refractivity contribution < 1.29 is 8.78 Å². The van der Waals surface area contributed by atoms with Crippen molar-refractivity contribution in [3.63, 3.8) is 0 Å². The molecule has 0 aliphatic carbocycles. The van der Waals surface area contributed by atoms with E-state index in [2.05, 4.69) is 9.88 Å². The van der Waals surface area contributed by atoms with Crippen LogP contribution in [0, 0.1) is 11.6 Å². The van der Waals surface area contributed by atoms with E-state index in [0.717, 1.165) is 25.9 Å². The highest BCUT2D eigenvalue weighted by atomic mass is 35.5. The van der Waals surface area contributed by atoms with Crippen LogP contribution in [0.25, 0.3) is 0 Å². The maximum atomic E-state index is 13.9. The summed E-state index contributed by atoms with van der Waals surface area (Å²) in [7, 11) is 0. The van der Waals surface area contributed by atoms with Crippen LogP contribution in [-0.2, 0) is 0 Å². The van der Waals surface area contributed by atoms with E-state index in [4.69, 9.17) is 11.6 Å². The van der Waals surface area contributed by atoms with E-state index in [1.54, 1.807) is 12.1 Å². The van der Waals surface area contributed by atoms with Crippen molar-refractivity contribution in [2.24, 2.45) is 0 Å². The Labute approximate surface area is 151 Å². The molecule has 0 atom stereocenters. The van der Waals surface area contributed by atoms with Crippen molar-refractivity contribution in [3.05, 3.63) is 53.2 Å². The maximum Gasteiger partial charge on any atom is 0.141 e. The minimum absolute atomic E-state index is 0.0612. The van der Waals surface area contributed by atoms with Gasteiger partial charge in [-0.25, -0.2) is 13.8 Å². The number of anilines is 2. The monoisotopic (exact) mass is 363 g/mol. The summed E-state index contributed by atoms with van der Waals surface area (Å²) in [5.74, 6) is -0.156. The summed E-state index contributed by atoms with van der Waals surface area (Å²) in [4.78, 5) is 8.69. The van der Waals surface area contributed by atoms with E-state index >= 15 is 0 Å². The number of pyridine rings is 1. The second-order valence-electron chi connectivity index (χ2n) is 6.93. The zero-order valence-electron chi connectivity index (χ0n) is 13.9. The third-order valence-corrected chi connectivity index (χ3v) is 5.77. The molecule has 25 heavy (non-hydrogen) atoms. The second-order valence-corrected chi connectivity index (χ2v) is 7.34. The molecule has 2 fully saturated rings. The van der Waals surface area contributed by atoms with Crippen LogP contribution in [0.2, 0.25) is 5.02 Å². The van der Waals surface area contributed by atoms with Crippen molar-refractivity contribution in [2.75, 3.05) is 24.5 Å². The highest BCUT2D eigenvalue weighted by Gasteiger charge is 2.45. The lowest BCUT2D eigenvalue weighted by Crippen LogP contribution is -2.47. The van der Waals surface area contributed by atoms with Crippen LogP contribution in [-0.4, -0.2) is 35.1 Å². The first-order valence-electron chi connectivity index (χ1n) is 8.67. The molecule has 132 valence electrons. The maximum absolute atomic E-state index is 13.9. The molecule has 1 aromatic carbocycles. The molecular formula is C19H20ClF2N3. The van der Waals surface area contributed by atoms with Gasteiger partial charge in [-0.2, -0.15) is 0 Å². The van der Waals surface area contributed by atoms with Crippen molar-refractivity contribution in [3.8, 4) is 0 Å². The molecule has 0 N–H and O–H groups in total. The summed E-state index contributed by atoms with van der Waals surface area (Å²) in [6, 6.07) is 7.33. The van der Waals surface area contributed by atoms with Gasteiger partial charge in [-0.15, -0.1) is 0 Å². The van der Waals surface area contributed by atoms with Crippen LogP contribution in [0.5, 0.6) is 0 Å². The average molecular weight is 364 g/mol. The molecule has 0 saturated carbocycles. The second kappa shape index (κ2) is 6.54. The Morgan fingerprint density at radius 3 is 2.48 bits per heavy atom. The largest absolute Gasteiger partial charge is 0.323 e. The zero-order chi connectivity index (χ0) is 17.4. The van der Waals surface area contributed by atoms with Gasteiger partial charge in [0.15, 0.2) is 0 Å². The SMILES string of the molecule is Fc1ccc(N(CC23CCCN2CCC3)c2cc(F)ccc2Cl)nc1. The molecule has 3 nitrogen and oxygen atoms in total. The standard InChI is InChI=1S/C19H20ClF2N3/c20-16-5-3-14(21)11-17(16)25(18-6-4-15(22)12-23-18)13-19-7-1-9-24(19)10-2-8-19/h3-6,11-12H,1-2,7-10,13H2. The predicted molar refractivity (Wildman–Crippen MR) is 95.4 cm³/mol. The molecule has 0 amide bonds. The number of hydrogen-bond donors (Lipinski definition) is 0. The van der Waals surface area contributed by atoms with Crippen molar-refractivity contribution >= 4 is 23.1 Å². The fourth-order valence-corrected chi connectivity index (χ4v) is 4.51. The smallest absolute Gasteiger partial charge is 0.141 e. The number of rotatable bonds is 4. The third-order valence-electron chi connectivity index (χ3n) is 5.45. The lowest BCUT2D eigenvalue weighted by Gasteiger charge is -2.38. The molecule has 0 unspecified atom stereocenters. The number of hydrogen-bond acceptors (Lipinski definition) is 3. The minimum Gasteiger partial charge on any atom is -0.323 e. The van der Waals surface area contributed by atoms with Gasteiger partial charge < -0.3 is 4.90 Å². The topological polar surface area (TPSA) is 19.4 Å². The Morgan fingerprint density at radius 2 is 1.80 bits per heavy atom. The van der Waals surface area contributed by atoms with E-state index in [9.17, 15) is 8.78 Å². The lowest BCUT2D eigenvalue weighted by atomic mass is 9.93. The summed E-state index contributed by atoms with van der Waals surface area (Å²) in [6.07, 6.45) is 5.74. The summed E-state index contributed by atoms with van der Waals surface area (Å²) in [5, 5.41) is 0.464. The van der Waals surface area contributed by atoms with E-state index in [1.165, 1.54) is 37.2 Å². The van der Waals surface area contributed by atoms with Gasteiger partial charge in [0, 0.05) is 12.1 Å². The van der Waals surface area contributed by atoms with E-state index in [1.807, 2.05) is 4.90 Å². The van der Waals surface area contributed by atoms with Crippen LogP contribution in [0.1, 0.15) is 25.7 Å². The van der Waals surface area contributed by atoms with Gasteiger partial charge in [-0.05, 0) is 69.1 Å². The van der Waals surface area contributed by atoms with Gasteiger partial charge in [0.2, 0.25) is 0 Å². The van der Waals surface area contributed by atoms with Crippen molar-refractivity contribution in [2.45, 2.75) is 31.2 Å². The van der Waals surface area contributed by atoms with Crippen LogP contribution in [0.15, 0.2) is 36.5 Å². The Morgan fingerprint density at radius 1 is 1.08 bits per heavy atom. The molecule has 2 aliphatic rings. The van der Waals surface area contributed by atoms with Crippen LogP contribution < -0.4 is 4.90 Å². The van der Waals surface area contributed by atoms with Crippen molar-refractivity contribution in [1.29, 1.82) is 0 Å². The van der Waals surface area contributed by atoms with Gasteiger partial charge in [-0.1, -0.05) is 11.6 Å². The molecule has 2 saturated heterocycles. The zero-order valence-corrected chi connectivity index (χ0v) is 14.6. The molecule has 2 aromatic rings. The van der Waals surface area contributed by atoms with Gasteiger partial charge in [0.1, 0.15) is 17.5 Å². The highest BCUT2D eigenvalue weighted by Crippen LogP contribution is 2.42. The number of halogens is 3. The fraction of sp³-hybridized carbons (Fsp3) is 0.421. The first-order chi connectivity index (χ1) is 12.1. The lowest BCUT2D eigenvalue weighted by molar-refractivity contribution is 0.203. The molecule has 3 heterocycles. The normalized spacial score (nSPS) is 19.2. The van der Waals surface area contributed by atoms with Gasteiger partial charge in [0.25, 0.3) is 0 Å². The summed E-state index contributed by atoms with van der Waals surface area (Å²) < 4.78 is 27.2. The summed E-state index contributed by atoms with van der Waals surface area (Å²) in [5.41, 5.74) is 0.639. The number of fused-ring (bicyclic) bond motifs is 1. The van der Waals surface area contributed by atoms with Crippen LogP contribution in [0.3, 0.4) is 0 Å². The Hall–Kier alpha value is -1.72. The molecule has 6 heteroatoms. The highest BCUT2D eigenvalue weighted by molar-refractivity contribution is 6.33. The molecule has 0 bridgehead atoms. The third kappa shape index (κ3) is 3.11. The first-order valence-corrected chi connectivity index (χ1v) is 9.04. The van der Waals surface area contributed by atoms with Gasteiger partial charge >= 0.3 is 0 Å². The summed E-state index contributed by atoms with van der Waals surface area (Å²) in [6.45, 7) is 2.87. The molecular weight excluding hydrogens is 344 g/mol. The Bertz CT molecular complexity index is 756. The molecule has 2 aliphatic heterocycles. The number of aromatic nitrogens is 1. The first kappa shape index (κ1) is 16.7. The molecule has 0 spiro atoms. The number of nitrogens with zero attached hydrogens (tertiary/aromatic N) is 3. The van der Waals surface area contributed by atoms with Crippen LogP contribution >= 0.6 is 11.6 Å². The van der Waals surface area contributed by atoms with E-state index < -0.39 is 5.82 Å². The van der Waals surface area contributed by atoms with E-state index in [0.29, 0.717) is 23.1 Å². The van der Waals surface area contributed by atoms with E-state index in [-0.39, 0.29) is 11.4 Å². The fourth-order valence-electron chi connectivity index (χ4n) is 4.29. The minimum atomic E-state index is -0.393. The quantitative estimate of drug-likeness (QED) is 0.779. The average Bonchev–Trinajstić information content (AvgIpc) is 3.16. The van der Waals surface area contributed by atoms with Gasteiger partial charge in [-0.3, -0.25) is 4.90 Å². The van der Waals surface area contributed by atoms with Crippen LogP contribution in [0.4, 0.5) is 20.3 Å². The predicted octanol–water partition coefficient (Wildman–Crippen LogP) is 4.78. The number of benzene rings is 1. The summed E-state index contributed by atoms with van der Waals surface area (Å²) >= 11 is 6.37. The van der Waals surface area contributed by atoms with Crippen molar-refractivity contribution in [1.82, 2.24) is 9.88 Å².